The molecule has 2 fully saturated rings. The Morgan fingerprint density at radius 2 is 1.85 bits per heavy atom. The van der Waals surface area contributed by atoms with Crippen LogP contribution in [0.4, 0.5) is 0 Å². The van der Waals surface area contributed by atoms with Crippen LogP contribution in [0.5, 0.6) is 0 Å². The van der Waals surface area contributed by atoms with Crippen molar-refractivity contribution in [3.8, 4) is 0 Å². The summed E-state index contributed by atoms with van der Waals surface area (Å²) >= 11 is 0. The Bertz CT molecular complexity index is 316. The Labute approximate surface area is 130 Å². The summed E-state index contributed by atoms with van der Waals surface area (Å²) in [6, 6.07) is 0. The van der Waals surface area contributed by atoms with E-state index in [0.29, 0.717) is 5.41 Å². The summed E-state index contributed by atoms with van der Waals surface area (Å²) in [6.07, 6.45) is 9.48. The Kier molecular flexibility index (Phi) is 5.54. The molecule has 4 heteroatoms. The fourth-order valence-corrected chi connectivity index (χ4v) is 6.62. The molecule has 2 saturated carbocycles. The van der Waals surface area contributed by atoms with E-state index >= 15 is 0 Å². The molecular weight excluding hydrogens is 280 g/mol. The van der Waals surface area contributed by atoms with Crippen LogP contribution in [-0.2, 0) is 8.85 Å². The Morgan fingerprint density at radius 3 is 2.45 bits per heavy atom. The van der Waals surface area contributed by atoms with Gasteiger partial charge in [0.05, 0.1) is 0 Å². The Morgan fingerprint density at radius 1 is 1.20 bits per heavy atom. The molecule has 117 valence electrons. The van der Waals surface area contributed by atoms with Gasteiger partial charge in [-0.25, -0.2) is 0 Å². The summed E-state index contributed by atoms with van der Waals surface area (Å²) in [6.45, 7) is 11.7. The molecule has 0 bridgehead atoms. The minimum atomic E-state index is -0.415. The lowest BCUT2D eigenvalue weighted by molar-refractivity contribution is -0.132. The molecule has 3 atom stereocenters. The van der Waals surface area contributed by atoms with Gasteiger partial charge in [-0.2, -0.15) is 0 Å². The maximum absolute atomic E-state index is 6.12. The average Bonchev–Trinajstić information content (AvgIpc) is 2.79. The first-order valence-corrected chi connectivity index (χ1v) is 12.5. The van der Waals surface area contributed by atoms with Crippen LogP contribution in [0.2, 0.25) is 13.1 Å². The van der Waals surface area contributed by atoms with Gasteiger partial charge in [0.15, 0.2) is 19.5 Å². The predicted molar refractivity (Wildman–Crippen MR) is 91.0 cm³/mol. The minimum absolute atomic E-state index is 0.0591. The highest BCUT2D eigenvalue weighted by molar-refractivity contribution is 6.26. The van der Waals surface area contributed by atoms with Gasteiger partial charge < -0.3 is 8.85 Å². The summed E-state index contributed by atoms with van der Waals surface area (Å²) in [5, 5.41) is 0. The maximum Gasteiger partial charge on any atom is 0.161 e. The molecule has 0 aromatic heterocycles. The quantitative estimate of drug-likeness (QED) is 0.554. The van der Waals surface area contributed by atoms with Crippen molar-refractivity contribution in [3.63, 3.8) is 0 Å². The summed E-state index contributed by atoms with van der Waals surface area (Å²) < 4.78 is 12.2. The van der Waals surface area contributed by atoms with E-state index in [1.54, 1.807) is 0 Å². The molecule has 0 heterocycles. The zero-order chi connectivity index (χ0) is 14.8. The second kappa shape index (κ2) is 6.63. The van der Waals surface area contributed by atoms with Crippen LogP contribution in [0.25, 0.3) is 0 Å². The minimum Gasteiger partial charge on any atom is -0.400 e. The fraction of sp³-hybridized carbons (Fsp3) is 0.938. The van der Waals surface area contributed by atoms with E-state index in [2.05, 4.69) is 40.3 Å². The molecule has 20 heavy (non-hydrogen) atoms. The number of hydrogen-bond acceptors (Lipinski definition) is 2. The van der Waals surface area contributed by atoms with Crippen molar-refractivity contribution < 1.29 is 8.85 Å². The SMILES string of the molecule is C[SiH2]OC(O[SiH2]C)C(C)(C)[C@H]1CCC[C@@]2(C)[CH]CC[C@H]12. The van der Waals surface area contributed by atoms with Gasteiger partial charge in [0.25, 0.3) is 0 Å². The Hall–Kier alpha value is 0.354. The van der Waals surface area contributed by atoms with E-state index in [0.717, 1.165) is 11.8 Å². The van der Waals surface area contributed by atoms with Crippen molar-refractivity contribution in [2.75, 3.05) is 0 Å². The van der Waals surface area contributed by atoms with Crippen LogP contribution in [0, 0.1) is 29.1 Å². The first-order valence-electron chi connectivity index (χ1n) is 8.53. The first-order chi connectivity index (χ1) is 9.45. The van der Waals surface area contributed by atoms with Gasteiger partial charge in [-0.15, -0.1) is 0 Å². The van der Waals surface area contributed by atoms with Crippen molar-refractivity contribution >= 4 is 19.5 Å². The molecule has 2 aliphatic rings. The molecule has 2 nitrogen and oxygen atoms in total. The zero-order valence-corrected chi connectivity index (χ0v) is 16.9. The molecule has 2 rings (SSSR count). The van der Waals surface area contributed by atoms with E-state index < -0.39 is 19.5 Å². The van der Waals surface area contributed by atoms with Crippen molar-refractivity contribution in [3.05, 3.63) is 6.42 Å². The van der Waals surface area contributed by atoms with Gasteiger partial charge in [-0.1, -0.05) is 40.3 Å². The largest absolute Gasteiger partial charge is 0.400 e. The van der Waals surface area contributed by atoms with Crippen molar-refractivity contribution in [2.45, 2.75) is 72.3 Å². The smallest absolute Gasteiger partial charge is 0.161 e. The summed E-state index contributed by atoms with van der Waals surface area (Å²) in [7, 11) is -0.830. The molecule has 0 spiro atoms. The van der Waals surface area contributed by atoms with E-state index in [9.17, 15) is 0 Å². The van der Waals surface area contributed by atoms with Crippen LogP contribution in [-0.4, -0.2) is 25.8 Å². The molecule has 0 amide bonds. The van der Waals surface area contributed by atoms with Crippen LogP contribution in [0.1, 0.15) is 52.9 Å². The van der Waals surface area contributed by atoms with E-state index in [1.165, 1.54) is 32.1 Å². The van der Waals surface area contributed by atoms with Gasteiger partial charge in [-0.05, 0) is 49.4 Å². The highest BCUT2D eigenvalue weighted by atomic mass is 28.2. The van der Waals surface area contributed by atoms with Gasteiger partial charge >= 0.3 is 0 Å². The topological polar surface area (TPSA) is 18.5 Å². The van der Waals surface area contributed by atoms with Gasteiger partial charge in [0.1, 0.15) is 6.29 Å². The lowest BCUT2D eigenvalue weighted by atomic mass is 9.57. The zero-order valence-electron chi connectivity index (χ0n) is 14.1. The van der Waals surface area contributed by atoms with Gasteiger partial charge in [0, 0.05) is 5.41 Å². The lowest BCUT2D eigenvalue weighted by Gasteiger charge is -2.51. The predicted octanol–water partition coefficient (Wildman–Crippen LogP) is 3.06. The number of hydrogen-bond donors (Lipinski definition) is 0. The summed E-state index contributed by atoms with van der Waals surface area (Å²) in [4.78, 5) is 0. The monoisotopic (exact) mass is 313 g/mol. The van der Waals surface area contributed by atoms with Crippen LogP contribution in [0.3, 0.4) is 0 Å². The normalized spacial score (nSPS) is 37.0. The molecule has 1 radical (unpaired) electrons. The van der Waals surface area contributed by atoms with Crippen LogP contribution >= 0.6 is 0 Å². The van der Waals surface area contributed by atoms with Crippen molar-refractivity contribution in [1.82, 2.24) is 0 Å². The highest BCUT2D eigenvalue weighted by Crippen LogP contribution is 2.58. The number of rotatable bonds is 6. The van der Waals surface area contributed by atoms with E-state index in [-0.39, 0.29) is 11.7 Å². The second-order valence-electron chi connectivity index (χ2n) is 7.46. The van der Waals surface area contributed by atoms with Crippen LogP contribution < -0.4 is 0 Å². The molecule has 0 saturated heterocycles. The third-order valence-electron chi connectivity index (χ3n) is 5.85. The fourth-order valence-electron chi connectivity index (χ4n) is 4.77. The van der Waals surface area contributed by atoms with Crippen LogP contribution in [0.15, 0.2) is 0 Å². The van der Waals surface area contributed by atoms with Gasteiger partial charge in [0.2, 0.25) is 0 Å². The van der Waals surface area contributed by atoms with E-state index in [1.807, 2.05) is 0 Å². The molecular formula is C16H33O2Si2. The molecule has 0 aromatic rings. The second-order valence-corrected chi connectivity index (χ2v) is 9.28. The van der Waals surface area contributed by atoms with Crippen molar-refractivity contribution in [2.24, 2.45) is 22.7 Å². The standard InChI is InChI=1S/C16H33O2Si2/c1-15(2,14(17-19-4)18-20-5)12-8-6-10-16(3)11-7-9-13(12)16/h11-14H,6-10,19-20H2,1-5H3/t12-,13+,16-/m0/s1. The molecule has 0 aromatic carbocycles. The lowest BCUT2D eigenvalue weighted by Crippen LogP contribution is -2.48. The molecule has 0 aliphatic heterocycles. The Balaban J connectivity index is 2.18. The average molecular weight is 314 g/mol. The first kappa shape index (κ1) is 16.7. The molecule has 0 N–H and O–H groups in total. The summed E-state index contributed by atoms with van der Waals surface area (Å²) in [5.41, 5.74) is 0.647. The van der Waals surface area contributed by atoms with Crippen molar-refractivity contribution in [1.29, 1.82) is 0 Å². The molecule has 2 aliphatic carbocycles. The van der Waals surface area contributed by atoms with Gasteiger partial charge in [-0.3, -0.25) is 0 Å². The highest BCUT2D eigenvalue weighted by Gasteiger charge is 2.52. The third kappa shape index (κ3) is 3.08. The van der Waals surface area contributed by atoms with E-state index in [4.69, 9.17) is 8.85 Å². The molecule has 0 unspecified atom stereocenters. The number of fused-ring (bicyclic) bond motifs is 1. The maximum atomic E-state index is 6.12. The summed E-state index contributed by atoms with van der Waals surface area (Å²) in [5.74, 6) is 1.60. The third-order valence-corrected chi connectivity index (χ3v) is 7.12.